The maximum absolute atomic E-state index is 10.4. The molecule has 0 fully saturated rings. The second-order valence-electron chi connectivity index (χ2n) is 2.71. The molecule has 1 unspecified atom stereocenters. The predicted molar refractivity (Wildman–Crippen MR) is 44.7 cm³/mol. The zero-order valence-electron chi connectivity index (χ0n) is 6.50. The molecule has 1 heterocycles. The molecule has 0 aliphatic heterocycles. The molecule has 11 heavy (non-hydrogen) atoms. The van der Waals surface area contributed by atoms with Gasteiger partial charge in [0.05, 0.1) is 0 Å². The number of hydrogen-bond acceptors (Lipinski definition) is 3. The van der Waals surface area contributed by atoms with Crippen LogP contribution in [0.25, 0.3) is 0 Å². The quantitative estimate of drug-likeness (QED) is 0.682. The normalized spacial score (nSPS) is 15.9. The van der Waals surface area contributed by atoms with E-state index in [1.807, 2.05) is 13.0 Å². The molecule has 1 aromatic heterocycles. The second-order valence-corrected chi connectivity index (χ2v) is 3.83. The van der Waals surface area contributed by atoms with E-state index in [0.717, 1.165) is 4.88 Å². The lowest BCUT2D eigenvalue weighted by Crippen LogP contribution is -2.21. The van der Waals surface area contributed by atoms with Crippen LogP contribution in [0.2, 0.25) is 0 Å². The van der Waals surface area contributed by atoms with Crippen molar-refractivity contribution in [2.75, 3.05) is 0 Å². The first-order chi connectivity index (χ1) is 5.06. The molecule has 0 aromatic carbocycles. The van der Waals surface area contributed by atoms with Gasteiger partial charge in [-0.1, -0.05) is 0 Å². The van der Waals surface area contributed by atoms with Crippen molar-refractivity contribution in [1.82, 2.24) is 0 Å². The summed E-state index contributed by atoms with van der Waals surface area (Å²) in [6.07, 6.45) is 0.550. The van der Waals surface area contributed by atoms with E-state index in [1.54, 1.807) is 5.38 Å². The Labute approximate surface area is 69.5 Å². The molecular weight excluding hydrogens is 160 g/mol. The summed E-state index contributed by atoms with van der Waals surface area (Å²) in [5.41, 5.74) is -0.639. The first kappa shape index (κ1) is 8.43. The Morgan fingerprint density at radius 3 is 2.73 bits per heavy atom. The third-order valence-electron chi connectivity index (χ3n) is 1.54. The molecule has 2 nitrogen and oxygen atoms in total. The highest BCUT2D eigenvalue weighted by atomic mass is 32.1. The highest BCUT2D eigenvalue weighted by Crippen LogP contribution is 2.23. The average Bonchev–Trinajstić information content (AvgIpc) is 2.36. The number of thiophene rings is 1. The maximum atomic E-state index is 10.4. The highest BCUT2D eigenvalue weighted by Gasteiger charge is 2.22. The molecule has 0 saturated heterocycles. The zero-order chi connectivity index (χ0) is 8.48. The zero-order valence-corrected chi connectivity index (χ0v) is 7.31. The molecule has 0 amide bonds. The molecule has 1 aromatic rings. The first-order valence-electron chi connectivity index (χ1n) is 3.30. The van der Waals surface area contributed by atoms with Gasteiger partial charge in [0, 0.05) is 10.4 Å². The number of aryl methyl sites for hydroxylation is 1. The molecule has 0 saturated carbocycles. The minimum absolute atomic E-state index is 0.550. The second kappa shape index (κ2) is 2.75. The van der Waals surface area contributed by atoms with Crippen LogP contribution in [0.1, 0.15) is 17.4 Å². The molecule has 0 bridgehead atoms. The van der Waals surface area contributed by atoms with E-state index in [2.05, 4.69) is 0 Å². The Hall–Kier alpha value is -0.670. The smallest absolute Gasteiger partial charge is 0.155 e. The van der Waals surface area contributed by atoms with E-state index in [0.29, 0.717) is 11.8 Å². The van der Waals surface area contributed by atoms with E-state index in [-0.39, 0.29) is 0 Å². The van der Waals surface area contributed by atoms with Crippen LogP contribution >= 0.6 is 11.3 Å². The lowest BCUT2D eigenvalue weighted by atomic mass is 10.0. The molecule has 3 heteroatoms. The van der Waals surface area contributed by atoms with Crippen LogP contribution in [-0.4, -0.2) is 11.4 Å². The predicted octanol–water partition coefficient (Wildman–Crippen LogP) is 1.46. The van der Waals surface area contributed by atoms with E-state index in [9.17, 15) is 9.90 Å². The summed E-state index contributed by atoms with van der Waals surface area (Å²) in [4.78, 5) is 11.5. The van der Waals surface area contributed by atoms with Crippen molar-refractivity contribution in [3.8, 4) is 0 Å². The van der Waals surface area contributed by atoms with Crippen molar-refractivity contribution in [2.45, 2.75) is 19.4 Å². The van der Waals surface area contributed by atoms with Crippen molar-refractivity contribution < 1.29 is 9.90 Å². The van der Waals surface area contributed by atoms with Gasteiger partial charge in [-0.2, -0.15) is 0 Å². The number of hydrogen-bond donors (Lipinski definition) is 1. The first-order valence-corrected chi connectivity index (χ1v) is 4.18. The average molecular weight is 170 g/mol. The van der Waals surface area contributed by atoms with Gasteiger partial charge in [0.25, 0.3) is 0 Å². The number of rotatable bonds is 2. The van der Waals surface area contributed by atoms with E-state index in [4.69, 9.17) is 0 Å². The fourth-order valence-electron chi connectivity index (χ4n) is 0.777. The summed E-state index contributed by atoms with van der Waals surface area (Å²) in [6.45, 7) is 3.43. The van der Waals surface area contributed by atoms with E-state index in [1.165, 1.54) is 18.3 Å². The summed E-state index contributed by atoms with van der Waals surface area (Å²) >= 11 is 1.53. The lowest BCUT2D eigenvalue weighted by Gasteiger charge is -2.12. The van der Waals surface area contributed by atoms with Crippen molar-refractivity contribution in [2.24, 2.45) is 0 Å². The number of aliphatic hydroxyl groups is 1. The third-order valence-corrected chi connectivity index (χ3v) is 2.41. The van der Waals surface area contributed by atoms with Crippen LogP contribution in [0, 0.1) is 6.92 Å². The summed E-state index contributed by atoms with van der Waals surface area (Å²) in [5.74, 6) is 0. The summed E-state index contributed by atoms with van der Waals surface area (Å²) in [6, 6.07) is 1.82. The van der Waals surface area contributed by atoms with Gasteiger partial charge in [0.1, 0.15) is 5.60 Å². The van der Waals surface area contributed by atoms with Crippen molar-refractivity contribution in [3.63, 3.8) is 0 Å². The number of aldehydes is 1. The minimum Gasteiger partial charge on any atom is -0.378 e. The monoisotopic (exact) mass is 170 g/mol. The van der Waals surface area contributed by atoms with Gasteiger partial charge in [-0.3, -0.25) is 4.79 Å². The SMILES string of the molecule is Cc1cc(C(C)(O)C=O)cs1. The fraction of sp³-hybridized carbons (Fsp3) is 0.375. The fourth-order valence-corrected chi connectivity index (χ4v) is 1.59. The molecule has 0 aliphatic carbocycles. The lowest BCUT2D eigenvalue weighted by molar-refractivity contribution is -0.123. The molecule has 0 aliphatic rings. The molecule has 1 N–H and O–H groups in total. The Kier molecular flexibility index (Phi) is 2.11. The Balaban J connectivity index is 3.01. The molecule has 1 rings (SSSR count). The molecule has 0 spiro atoms. The van der Waals surface area contributed by atoms with Gasteiger partial charge < -0.3 is 5.11 Å². The van der Waals surface area contributed by atoms with Gasteiger partial charge >= 0.3 is 0 Å². The van der Waals surface area contributed by atoms with Crippen LogP contribution in [0.5, 0.6) is 0 Å². The van der Waals surface area contributed by atoms with Crippen LogP contribution in [0.4, 0.5) is 0 Å². The highest BCUT2D eigenvalue weighted by molar-refractivity contribution is 7.10. The van der Waals surface area contributed by atoms with Crippen molar-refractivity contribution in [3.05, 3.63) is 21.9 Å². The van der Waals surface area contributed by atoms with Crippen LogP contribution in [0.15, 0.2) is 11.4 Å². The Bertz CT molecular complexity index is 263. The van der Waals surface area contributed by atoms with Gasteiger partial charge in [0.2, 0.25) is 0 Å². The summed E-state index contributed by atoms with van der Waals surface area (Å²) < 4.78 is 0. The van der Waals surface area contributed by atoms with E-state index < -0.39 is 5.60 Å². The molecule has 1 atom stereocenters. The standard InChI is InChI=1S/C8H10O2S/c1-6-3-7(4-11-6)8(2,10)5-9/h3-5,10H,1-2H3. The van der Waals surface area contributed by atoms with Crippen LogP contribution in [-0.2, 0) is 10.4 Å². The van der Waals surface area contributed by atoms with Crippen LogP contribution < -0.4 is 0 Å². The van der Waals surface area contributed by atoms with Gasteiger partial charge in [-0.25, -0.2) is 0 Å². The van der Waals surface area contributed by atoms with Crippen LogP contribution in [0.3, 0.4) is 0 Å². The summed E-state index contributed by atoms with van der Waals surface area (Å²) in [5, 5.41) is 11.2. The van der Waals surface area contributed by atoms with Crippen molar-refractivity contribution >= 4 is 17.6 Å². The van der Waals surface area contributed by atoms with E-state index >= 15 is 0 Å². The molecule has 0 radical (unpaired) electrons. The van der Waals surface area contributed by atoms with Gasteiger partial charge in [-0.05, 0) is 25.3 Å². The molecular formula is C8H10O2S. The largest absolute Gasteiger partial charge is 0.378 e. The third kappa shape index (κ3) is 1.67. The number of carbonyl (C=O) groups excluding carboxylic acids is 1. The molecule has 60 valence electrons. The maximum Gasteiger partial charge on any atom is 0.155 e. The Morgan fingerprint density at radius 1 is 1.73 bits per heavy atom. The Morgan fingerprint density at radius 2 is 2.36 bits per heavy atom. The minimum atomic E-state index is -1.31. The van der Waals surface area contributed by atoms with Gasteiger partial charge in [0.15, 0.2) is 6.29 Å². The summed E-state index contributed by atoms with van der Waals surface area (Å²) in [7, 11) is 0. The van der Waals surface area contributed by atoms with Gasteiger partial charge in [-0.15, -0.1) is 11.3 Å². The number of carbonyl (C=O) groups is 1. The topological polar surface area (TPSA) is 37.3 Å². The van der Waals surface area contributed by atoms with Crippen molar-refractivity contribution in [1.29, 1.82) is 0 Å².